The van der Waals surface area contributed by atoms with Gasteiger partial charge in [0.1, 0.15) is 5.82 Å². The summed E-state index contributed by atoms with van der Waals surface area (Å²) in [5.74, 6) is -0.0795. The van der Waals surface area contributed by atoms with Gasteiger partial charge in [-0.3, -0.25) is 0 Å². The molecule has 7 heteroatoms. The van der Waals surface area contributed by atoms with E-state index in [-0.39, 0.29) is 6.10 Å². The van der Waals surface area contributed by atoms with Crippen LogP contribution in [0.3, 0.4) is 0 Å². The molecule has 1 unspecified atom stereocenters. The van der Waals surface area contributed by atoms with Crippen LogP contribution in [0.15, 0.2) is 18.2 Å². The molecular formula is C12H16FN5O. The van der Waals surface area contributed by atoms with Crippen LogP contribution in [0.1, 0.15) is 13.8 Å². The molecule has 2 rings (SSSR count). The van der Waals surface area contributed by atoms with Crippen molar-refractivity contribution in [3.8, 4) is 11.4 Å². The number of tetrazole rings is 1. The predicted octanol–water partition coefficient (Wildman–Crippen LogP) is 1.49. The monoisotopic (exact) mass is 265 g/mol. The second kappa shape index (κ2) is 5.75. The third-order valence-corrected chi connectivity index (χ3v) is 2.65. The van der Waals surface area contributed by atoms with Gasteiger partial charge in [-0.25, -0.2) is 9.07 Å². The molecule has 0 radical (unpaired) electrons. The zero-order valence-corrected chi connectivity index (χ0v) is 10.9. The zero-order valence-electron chi connectivity index (χ0n) is 10.9. The van der Waals surface area contributed by atoms with Gasteiger partial charge < -0.3 is 10.5 Å². The number of halogens is 1. The second-order valence-electron chi connectivity index (χ2n) is 4.19. The van der Waals surface area contributed by atoms with Crippen LogP contribution in [0.2, 0.25) is 0 Å². The topological polar surface area (TPSA) is 78.8 Å². The van der Waals surface area contributed by atoms with E-state index in [2.05, 4.69) is 15.5 Å². The van der Waals surface area contributed by atoms with Crippen molar-refractivity contribution in [2.24, 2.45) is 0 Å². The smallest absolute Gasteiger partial charge is 0.185 e. The van der Waals surface area contributed by atoms with Gasteiger partial charge in [0, 0.05) is 12.3 Å². The number of ether oxygens (including phenoxy) is 1. The van der Waals surface area contributed by atoms with Gasteiger partial charge in [0.2, 0.25) is 0 Å². The zero-order chi connectivity index (χ0) is 13.8. The largest absolute Gasteiger partial charge is 0.399 e. The van der Waals surface area contributed by atoms with Crippen molar-refractivity contribution in [3.05, 3.63) is 24.0 Å². The van der Waals surface area contributed by atoms with Crippen molar-refractivity contribution in [2.75, 3.05) is 12.3 Å². The first-order valence-electron chi connectivity index (χ1n) is 6.05. The quantitative estimate of drug-likeness (QED) is 0.828. The lowest BCUT2D eigenvalue weighted by molar-refractivity contribution is 0.0614. The number of nitrogen functional groups attached to an aromatic ring is 1. The highest BCUT2D eigenvalue weighted by atomic mass is 19.1. The summed E-state index contributed by atoms with van der Waals surface area (Å²) >= 11 is 0. The molecule has 0 saturated heterocycles. The molecule has 0 aliphatic rings. The van der Waals surface area contributed by atoms with Gasteiger partial charge in [-0.05, 0) is 42.5 Å². The Labute approximate surface area is 110 Å². The van der Waals surface area contributed by atoms with Gasteiger partial charge in [-0.15, -0.1) is 5.10 Å². The molecule has 0 spiro atoms. The number of benzene rings is 1. The summed E-state index contributed by atoms with van der Waals surface area (Å²) in [5, 5.41) is 11.3. The first kappa shape index (κ1) is 13.4. The Morgan fingerprint density at radius 3 is 2.95 bits per heavy atom. The van der Waals surface area contributed by atoms with E-state index in [1.165, 1.54) is 10.7 Å². The van der Waals surface area contributed by atoms with Crippen molar-refractivity contribution in [1.82, 2.24) is 20.2 Å². The van der Waals surface area contributed by atoms with Crippen molar-refractivity contribution in [2.45, 2.75) is 26.5 Å². The number of hydrogen-bond donors (Lipinski definition) is 1. The minimum Gasteiger partial charge on any atom is -0.399 e. The van der Waals surface area contributed by atoms with Gasteiger partial charge in [-0.2, -0.15) is 0 Å². The molecular weight excluding hydrogens is 249 g/mol. The number of hydrogen-bond acceptors (Lipinski definition) is 5. The molecule has 102 valence electrons. The molecule has 1 aromatic carbocycles. The Morgan fingerprint density at radius 1 is 1.47 bits per heavy atom. The average molecular weight is 265 g/mol. The molecule has 19 heavy (non-hydrogen) atoms. The lowest BCUT2D eigenvalue weighted by atomic mass is 10.2. The minimum atomic E-state index is -0.444. The second-order valence-corrected chi connectivity index (χ2v) is 4.19. The molecule has 1 atom stereocenters. The van der Waals surface area contributed by atoms with E-state index in [1.54, 1.807) is 12.1 Å². The van der Waals surface area contributed by atoms with Gasteiger partial charge in [0.25, 0.3) is 0 Å². The van der Waals surface area contributed by atoms with Gasteiger partial charge in [0.05, 0.1) is 18.2 Å². The Hall–Kier alpha value is -2.02. The summed E-state index contributed by atoms with van der Waals surface area (Å²) in [6.45, 7) is 4.89. The van der Waals surface area contributed by atoms with Crippen molar-refractivity contribution in [3.63, 3.8) is 0 Å². The summed E-state index contributed by atoms with van der Waals surface area (Å²) in [4.78, 5) is 0. The maximum atomic E-state index is 13.9. The SMILES string of the molecule is CCOC(C)Cn1nnnc1-c1ccc(N)cc1F. The third-order valence-electron chi connectivity index (χ3n) is 2.65. The highest BCUT2D eigenvalue weighted by molar-refractivity contribution is 5.59. The average Bonchev–Trinajstić information content (AvgIpc) is 2.77. The first-order chi connectivity index (χ1) is 9.11. The van der Waals surface area contributed by atoms with Crippen LogP contribution in [0.25, 0.3) is 11.4 Å². The fraction of sp³-hybridized carbons (Fsp3) is 0.417. The number of aromatic nitrogens is 4. The van der Waals surface area contributed by atoms with Gasteiger partial charge in [0.15, 0.2) is 5.82 Å². The summed E-state index contributed by atoms with van der Waals surface area (Å²) in [7, 11) is 0. The fourth-order valence-corrected chi connectivity index (χ4v) is 1.81. The molecule has 0 fully saturated rings. The summed E-state index contributed by atoms with van der Waals surface area (Å²) in [6, 6.07) is 4.43. The van der Waals surface area contributed by atoms with Gasteiger partial charge >= 0.3 is 0 Å². The molecule has 2 N–H and O–H groups in total. The lowest BCUT2D eigenvalue weighted by Crippen LogP contribution is -2.18. The van der Waals surface area contributed by atoms with E-state index in [0.717, 1.165) is 0 Å². The maximum Gasteiger partial charge on any atom is 0.185 e. The van der Waals surface area contributed by atoms with E-state index in [9.17, 15) is 4.39 Å². The number of nitrogens with zero attached hydrogens (tertiary/aromatic N) is 4. The molecule has 0 aliphatic carbocycles. The maximum absolute atomic E-state index is 13.9. The Morgan fingerprint density at radius 2 is 2.26 bits per heavy atom. The Kier molecular flexibility index (Phi) is 4.06. The highest BCUT2D eigenvalue weighted by Gasteiger charge is 2.15. The van der Waals surface area contributed by atoms with Crippen LogP contribution in [0, 0.1) is 5.82 Å². The molecule has 2 aromatic rings. The van der Waals surface area contributed by atoms with Gasteiger partial charge in [-0.1, -0.05) is 0 Å². The van der Waals surface area contributed by atoms with E-state index in [0.29, 0.717) is 30.2 Å². The summed E-state index contributed by atoms with van der Waals surface area (Å²) in [6.07, 6.45) is -0.0518. The standard InChI is InChI=1S/C12H16FN5O/c1-3-19-8(2)7-18-12(15-16-17-18)10-5-4-9(14)6-11(10)13/h4-6,8H,3,7,14H2,1-2H3. The number of nitrogens with two attached hydrogens (primary N) is 1. The Bertz CT molecular complexity index is 557. The molecule has 0 bridgehead atoms. The molecule has 0 amide bonds. The van der Waals surface area contributed by atoms with Crippen LogP contribution in [0.5, 0.6) is 0 Å². The molecule has 1 heterocycles. The Balaban J connectivity index is 2.28. The molecule has 0 saturated carbocycles. The van der Waals surface area contributed by atoms with E-state index in [4.69, 9.17) is 10.5 Å². The van der Waals surface area contributed by atoms with E-state index >= 15 is 0 Å². The van der Waals surface area contributed by atoms with Crippen molar-refractivity contribution in [1.29, 1.82) is 0 Å². The van der Waals surface area contributed by atoms with E-state index in [1.807, 2.05) is 13.8 Å². The lowest BCUT2D eigenvalue weighted by Gasteiger charge is -2.12. The minimum absolute atomic E-state index is 0.0518. The molecule has 0 aliphatic heterocycles. The van der Waals surface area contributed by atoms with E-state index < -0.39 is 5.82 Å². The number of rotatable bonds is 5. The normalized spacial score (nSPS) is 12.6. The number of anilines is 1. The summed E-state index contributed by atoms with van der Waals surface area (Å²) in [5.41, 5.74) is 6.21. The third kappa shape index (κ3) is 3.05. The highest BCUT2D eigenvalue weighted by Crippen LogP contribution is 2.22. The van der Waals surface area contributed by atoms with Crippen molar-refractivity contribution >= 4 is 5.69 Å². The van der Waals surface area contributed by atoms with Crippen molar-refractivity contribution < 1.29 is 9.13 Å². The first-order valence-corrected chi connectivity index (χ1v) is 6.05. The van der Waals surface area contributed by atoms with Crippen LogP contribution in [-0.2, 0) is 11.3 Å². The molecule has 6 nitrogen and oxygen atoms in total. The molecule has 1 aromatic heterocycles. The van der Waals surface area contributed by atoms with Crippen LogP contribution < -0.4 is 5.73 Å². The van der Waals surface area contributed by atoms with Crippen LogP contribution >= 0.6 is 0 Å². The van der Waals surface area contributed by atoms with Crippen LogP contribution in [0.4, 0.5) is 10.1 Å². The predicted molar refractivity (Wildman–Crippen MR) is 68.7 cm³/mol. The summed E-state index contributed by atoms with van der Waals surface area (Å²) < 4.78 is 20.8. The fourth-order valence-electron chi connectivity index (χ4n) is 1.81. The van der Waals surface area contributed by atoms with Crippen LogP contribution in [-0.4, -0.2) is 32.9 Å².